The Morgan fingerprint density at radius 1 is 0.452 bits per heavy atom. The van der Waals surface area contributed by atoms with Gasteiger partial charge in [0, 0.05) is 19.8 Å². The molecule has 0 aromatic rings. The molecule has 0 radical (unpaired) electrons. The van der Waals surface area contributed by atoms with E-state index < -0.39 is 7.32 Å². The molecule has 0 aliphatic carbocycles. The summed E-state index contributed by atoms with van der Waals surface area (Å²) >= 11 is 0. The highest BCUT2D eigenvalue weighted by molar-refractivity contribution is 6.36. The molecular formula is C27H57BO3. The van der Waals surface area contributed by atoms with Gasteiger partial charge in [0.05, 0.1) is 0 Å². The van der Waals surface area contributed by atoms with Gasteiger partial charge >= 0.3 is 7.32 Å². The van der Waals surface area contributed by atoms with Crippen LogP contribution in [0.2, 0.25) is 0 Å². The summed E-state index contributed by atoms with van der Waals surface area (Å²) in [5, 5.41) is 0. The number of rotatable bonds is 21. The molecule has 0 bridgehead atoms. The van der Waals surface area contributed by atoms with Crippen molar-refractivity contribution in [1.82, 2.24) is 0 Å². The van der Waals surface area contributed by atoms with E-state index in [4.69, 9.17) is 14.0 Å². The second kappa shape index (κ2) is 19.4. The van der Waals surface area contributed by atoms with Crippen molar-refractivity contribution < 1.29 is 14.0 Å². The van der Waals surface area contributed by atoms with Gasteiger partial charge in [-0.15, -0.1) is 0 Å². The lowest BCUT2D eigenvalue weighted by Crippen LogP contribution is -2.30. The van der Waals surface area contributed by atoms with Crippen LogP contribution in [-0.4, -0.2) is 27.1 Å². The van der Waals surface area contributed by atoms with Crippen molar-refractivity contribution in [3.8, 4) is 0 Å². The first-order chi connectivity index (χ1) is 14.7. The predicted octanol–water partition coefficient (Wildman–Crippen LogP) is 8.41. The molecule has 6 atom stereocenters. The fourth-order valence-corrected chi connectivity index (χ4v) is 4.15. The Morgan fingerprint density at radius 3 is 0.935 bits per heavy atom. The first kappa shape index (κ1) is 30.9. The maximum Gasteiger partial charge on any atom is 0.639 e. The average molecular weight is 441 g/mol. The van der Waals surface area contributed by atoms with Gasteiger partial charge in [0.25, 0.3) is 0 Å². The van der Waals surface area contributed by atoms with E-state index in [9.17, 15) is 0 Å². The second-order valence-electron chi connectivity index (χ2n) is 10.8. The summed E-state index contributed by atoms with van der Waals surface area (Å²) in [6, 6.07) is 0. The van der Waals surface area contributed by atoms with Crippen molar-refractivity contribution in [2.75, 3.05) is 19.8 Å². The fraction of sp³-hybridized carbons (Fsp3) is 1.00. The zero-order chi connectivity index (χ0) is 23.6. The zero-order valence-electron chi connectivity index (χ0n) is 22.8. The van der Waals surface area contributed by atoms with Gasteiger partial charge in [0.1, 0.15) is 0 Å². The van der Waals surface area contributed by atoms with Crippen LogP contribution in [0, 0.1) is 35.5 Å². The molecule has 0 saturated heterocycles. The summed E-state index contributed by atoms with van der Waals surface area (Å²) in [7, 11) is -0.512. The lowest BCUT2D eigenvalue weighted by atomic mass is 9.93. The van der Waals surface area contributed by atoms with Crippen molar-refractivity contribution in [2.24, 2.45) is 35.5 Å². The molecular weight excluding hydrogens is 383 g/mol. The summed E-state index contributed by atoms with van der Waals surface area (Å²) < 4.78 is 18.2. The van der Waals surface area contributed by atoms with Gasteiger partial charge in [-0.1, -0.05) is 81.6 Å². The van der Waals surface area contributed by atoms with Crippen molar-refractivity contribution in [3.05, 3.63) is 0 Å². The van der Waals surface area contributed by atoms with Crippen LogP contribution in [0.3, 0.4) is 0 Å². The summed E-state index contributed by atoms with van der Waals surface area (Å²) in [4.78, 5) is 0. The molecule has 0 aliphatic heterocycles. The highest BCUT2D eigenvalue weighted by Crippen LogP contribution is 2.20. The van der Waals surface area contributed by atoms with Gasteiger partial charge in [0.15, 0.2) is 0 Å². The monoisotopic (exact) mass is 440 g/mol. The quantitative estimate of drug-likeness (QED) is 0.168. The first-order valence-corrected chi connectivity index (χ1v) is 13.6. The van der Waals surface area contributed by atoms with E-state index in [1.54, 1.807) is 0 Å². The molecule has 0 fully saturated rings. The van der Waals surface area contributed by atoms with E-state index in [1.165, 1.54) is 38.5 Å². The number of hydrogen-bond acceptors (Lipinski definition) is 3. The Bertz CT molecular complexity index is 336. The van der Waals surface area contributed by atoms with E-state index in [2.05, 4.69) is 62.3 Å². The van der Waals surface area contributed by atoms with Gasteiger partial charge in [-0.3, -0.25) is 0 Å². The predicted molar refractivity (Wildman–Crippen MR) is 137 cm³/mol. The van der Waals surface area contributed by atoms with Gasteiger partial charge < -0.3 is 14.0 Å². The maximum atomic E-state index is 6.05. The van der Waals surface area contributed by atoms with E-state index in [1.807, 2.05) is 0 Å². The zero-order valence-corrected chi connectivity index (χ0v) is 22.8. The van der Waals surface area contributed by atoms with Crippen molar-refractivity contribution >= 4 is 7.32 Å². The van der Waals surface area contributed by atoms with Gasteiger partial charge in [-0.25, -0.2) is 0 Å². The Kier molecular flexibility index (Phi) is 19.4. The average Bonchev–Trinajstić information content (AvgIpc) is 2.72. The number of hydrogen-bond donors (Lipinski definition) is 0. The molecule has 0 N–H and O–H groups in total. The molecule has 0 aromatic heterocycles. The normalized spacial score (nSPS) is 17.7. The lowest BCUT2D eigenvalue weighted by molar-refractivity contribution is 0.0785. The van der Waals surface area contributed by atoms with Crippen LogP contribution in [0.5, 0.6) is 0 Å². The topological polar surface area (TPSA) is 27.7 Å². The van der Waals surface area contributed by atoms with Crippen molar-refractivity contribution in [3.63, 3.8) is 0 Å². The molecule has 0 aromatic carbocycles. The Morgan fingerprint density at radius 2 is 0.710 bits per heavy atom. The van der Waals surface area contributed by atoms with Gasteiger partial charge in [0.2, 0.25) is 0 Å². The smallest absolute Gasteiger partial charge is 0.386 e. The standard InChI is InChI=1S/C27H57BO3/c1-10-22(4)19-25(7)13-16-29-28(30-17-14-26(8)20-23(5)11-2)31-18-15-27(9)21-24(6)12-3/h22-27H,10-21H2,1-9H3. The summed E-state index contributed by atoms with van der Waals surface area (Å²) in [6.45, 7) is 23.0. The third kappa shape index (κ3) is 18.1. The minimum atomic E-state index is -0.512. The molecule has 0 saturated carbocycles. The molecule has 3 nitrogen and oxygen atoms in total. The molecule has 6 unspecified atom stereocenters. The minimum Gasteiger partial charge on any atom is -0.386 e. The lowest BCUT2D eigenvalue weighted by Gasteiger charge is -2.21. The first-order valence-electron chi connectivity index (χ1n) is 13.6. The van der Waals surface area contributed by atoms with Crippen LogP contribution in [0.25, 0.3) is 0 Å². The molecule has 186 valence electrons. The molecule has 0 rings (SSSR count). The molecule has 0 amide bonds. The van der Waals surface area contributed by atoms with Gasteiger partial charge in [-0.2, -0.15) is 0 Å². The van der Waals surface area contributed by atoms with Crippen LogP contribution in [0.4, 0.5) is 0 Å². The molecule has 0 spiro atoms. The minimum absolute atomic E-state index is 0.512. The molecule has 4 heteroatoms. The second-order valence-corrected chi connectivity index (χ2v) is 10.8. The van der Waals surface area contributed by atoms with E-state index >= 15 is 0 Å². The highest BCUT2D eigenvalue weighted by Gasteiger charge is 2.23. The van der Waals surface area contributed by atoms with Crippen LogP contribution >= 0.6 is 0 Å². The summed E-state index contributed by atoms with van der Waals surface area (Å²) in [5.41, 5.74) is 0. The third-order valence-corrected chi connectivity index (χ3v) is 7.10. The van der Waals surface area contributed by atoms with Crippen molar-refractivity contribution in [2.45, 2.75) is 120 Å². The Labute approximate surface area is 196 Å². The summed E-state index contributed by atoms with van der Waals surface area (Å²) in [5.74, 6) is 4.41. The maximum absolute atomic E-state index is 6.05. The van der Waals surface area contributed by atoms with Crippen LogP contribution in [0.1, 0.15) is 120 Å². The largest absolute Gasteiger partial charge is 0.639 e. The van der Waals surface area contributed by atoms with E-state index in [0.717, 1.165) is 37.0 Å². The van der Waals surface area contributed by atoms with Crippen LogP contribution < -0.4 is 0 Å². The Hall–Kier alpha value is -0.0551. The van der Waals surface area contributed by atoms with E-state index in [-0.39, 0.29) is 0 Å². The summed E-state index contributed by atoms with van der Waals surface area (Å²) in [6.07, 6.45) is 10.8. The van der Waals surface area contributed by atoms with Crippen molar-refractivity contribution in [1.29, 1.82) is 0 Å². The highest BCUT2D eigenvalue weighted by atomic mass is 16.7. The molecule has 0 aliphatic rings. The molecule has 0 heterocycles. The third-order valence-electron chi connectivity index (χ3n) is 7.10. The molecule has 31 heavy (non-hydrogen) atoms. The van der Waals surface area contributed by atoms with Crippen LogP contribution in [0.15, 0.2) is 0 Å². The fourth-order valence-electron chi connectivity index (χ4n) is 4.15. The van der Waals surface area contributed by atoms with Gasteiger partial charge in [-0.05, 0) is 74.0 Å². The Balaban J connectivity index is 4.39. The SMILES string of the molecule is CCC(C)CC(C)CCOB(OCCC(C)CC(C)CC)OCCC(C)CC(C)CC. The van der Waals surface area contributed by atoms with E-state index in [0.29, 0.717) is 37.6 Å². The van der Waals surface area contributed by atoms with Crippen LogP contribution in [-0.2, 0) is 14.0 Å².